The van der Waals surface area contributed by atoms with Gasteiger partial charge in [-0.2, -0.15) is 0 Å². The summed E-state index contributed by atoms with van der Waals surface area (Å²) in [5.74, 6) is 0. The number of hydrogen-bond acceptors (Lipinski definition) is 3. The predicted octanol–water partition coefficient (Wildman–Crippen LogP) is 1.60. The molecule has 3 rings (SSSR count). The summed E-state index contributed by atoms with van der Waals surface area (Å²) < 4.78 is 1.94. The molecule has 0 aliphatic carbocycles. The topological polar surface area (TPSA) is 70.3 Å². The van der Waals surface area contributed by atoms with E-state index in [9.17, 15) is 0 Å². The van der Waals surface area contributed by atoms with Gasteiger partial charge in [0.2, 0.25) is 0 Å². The van der Waals surface area contributed by atoms with Crippen LogP contribution in [0.1, 0.15) is 11.1 Å². The van der Waals surface area contributed by atoms with E-state index in [1.807, 2.05) is 4.57 Å². The van der Waals surface area contributed by atoms with Crippen molar-refractivity contribution in [1.82, 2.24) is 19.5 Å². The van der Waals surface area contributed by atoms with Gasteiger partial charge in [0, 0.05) is 0 Å². The number of H-pyrrole nitrogens is 1. The molecule has 0 bridgehead atoms. The predicted molar refractivity (Wildman–Crippen MR) is 68.0 cm³/mol. The van der Waals surface area contributed by atoms with E-state index in [1.165, 1.54) is 11.1 Å². The third-order valence-electron chi connectivity index (χ3n) is 2.93. The minimum atomic E-state index is 0.225. The van der Waals surface area contributed by atoms with Gasteiger partial charge >= 0.3 is 0 Å². The molecule has 2 N–H and O–H groups in total. The second kappa shape index (κ2) is 4.10. The van der Waals surface area contributed by atoms with Gasteiger partial charge < -0.3 is 9.55 Å². The van der Waals surface area contributed by atoms with Crippen LogP contribution < -0.4 is 5.49 Å². The summed E-state index contributed by atoms with van der Waals surface area (Å²) in [7, 11) is 0. The third kappa shape index (κ3) is 1.79. The highest BCUT2D eigenvalue weighted by molar-refractivity contribution is 5.68. The normalized spacial score (nSPS) is 10.9. The van der Waals surface area contributed by atoms with E-state index in [0.717, 1.165) is 5.65 Å². The molecule has 0 radical (unpaired) electrons. The number of imidazole rings is 1. The molecule has 0 unspecified atom stereocenters. The second-order valence-corrected chi connectivity index (χ2v) is 4.31. The number of rotatable bonds is 2. The summed E-state index contributed by atoms with van der Waals surface area (Å²) in [6, 6.07) is 8.36. The Bertz CT molecular complexity index is 736. The summed E-state index contributed by atoms with van der Waals surface area (Å²) in [6.45, 7) is 2.77. The highest BCUT2D eigenvalue weighted by atomic mass is 15.1. The number of benzene rings is 1. The molecule has 0 fully saturated rings. The maximum absolute atomic E-state index is 7.69. The number of fused-ring (bicyclic) bond motifs is 1. The van der Waals surface area contributed by atoms with Gasteiger partial charge in [-0.3, -0.25) is 5.41 Å². The van der Waals surface area contributed by atoms with Gasteiger partial charge in [0.25, 0.3) is 0 Å². The smallest absolute Gasteiger partial charge is 0.173 e. The van der Waals surface area contributed by atoms with Crippen molar-refractivity contribution in [1.29, 1.82) is 5.41 Å². The number of aromatic nitrogens is 4. The van der Waals surface area contributed by atoms with E-state index >= 15 is 0 Å². The van der Waals surface area contributed by atoms with Gasteiger partial charge in [0.15, 0.2) is 11.1 Å². The highest BCUT2D eigenvalue weighted by Crippen LogP contribution is 2.08. The van der Waals surface area contributed by atoms with Crippen LogP contribution in [0.2, 0.25) is 0 Å². The zero-order chi connectivity index (χ0) is 12.5. The molecule has 0 atom stereocenters. The summed E-state index contributed by atoms with van der Waals surface area (Å²) in [5, 5.41) is 7.69. The van der Waals surface area contributed by atoms with Gasteiger partial charge in [0.05, 0.1) is 19.2 Å². The van der Waals surface area contributed by atoms with Crippen molar-refractivity contribution in [3.63, 3.8) is 0 Å². The molecule has 0 amide bonds. The van der Waals surface area contributed by atoms with Crippen molar-refractivity contribution in [2.45, 2.75) is 13.5 Å². The summed E-state index contributed by atoms with van der Waals surface area (Å²) in [6.07, 6.45) is 3.25. The third-order valence-corrected chi connectivity index (χ3v) is 2.93. The Morgan fingerprint density at radius 1 is 1.22 bits per heavy atom. The Morgan fingerprint density at radius 2 is 2.00 bits per heavy atom. The molecule has 18 heavy (non-hydrogen) atoms. The van der Waals surface area contributed by atoms with Crippen LogP contribution in [0.5, 0.6) is 0 Å². The fourth-order valence-electron chi connectivity index (χ4n) is 1.93. The molecular formula is C13H13N5. The average molecular weight is 239 g/mol. The van der Waals surface area contributed by atoms with Crippen LogP contribution in [0.3, 0.4) is 0 Å². The number of aromatic amines is 1. The summed E-state index contributed by atoms with van der Waals surface area (Å²) in [5.41, 5.74) is 4.09. The largest absolute Gasteiger partial charge is 0.340 e. The van der Waals surface area contributed by atoms with E-state index in [-0.39, 0.29) is 5.49 Å². The van der Waals surface area contributed by atoms with Crippen LogP contribution in [0.4, 0.5) is 0 Å². The summed E-state index contributed by atoms with van der Waals surface area (Å²) >= 11 is 0. The second-order valence-electron chi connectivity index (χ2n) is 4.31. The Kier molecular flexibility index (Phi) is 2.44. The van der Waals surface area contributed by atoms with Crippen molar-refractivity contribution < 1.29 is 0 Å². The lowest BCUT2D eigenvalue weighted by Crippen LogP contribution is -2.13. The Hall–Kier alpha value is -2.43. The van der Waals surface area contributed by atoms with Gasteiger partial charge in [0.1, 0.15) is 5.52 Å². The van der Waals surface area contributed by atoms with Gasteiger partial charge in [-0.25, -0.2) is 9.97 Å². The Morgan fingerprint density at radius 3 is 2.78 bits per heavy atom. The molecule has 3 aromatic rings. The van der Waals surface area contributed by atoms with Crippen LogP contribution in [-0.2, 0) is 6.54 Å². The molecule has 0 aliphatic heterocycles. The lowest BCUT2D eigenvalue weighted by Gasteiger charge is -2.07. The monoisotopic (exact) mass is 239 g/mol. The number of nitrogens with zero attached hydrogens (tertiary/aromatic N) is 3. The molecule has 1 aromatic carbocycles. The number of aryl methyl sites for hydroxylation is 1. The van der Waals surface area contributed by atoms with Gasteiger partial charge in [-0.05, 0) is 12.5 Å². The molecule has 0 aliphatic rings. The average Bonchev–Trinajstić information content (AvgIpc) is 2.86. The van der Waals surface area contributed by atoms with Crippen molar-refractivity contribution in [2.24, 2.45) is 0 Å². The molecule has 2 heterocycles. The van der Waals surface area contributed by atoms with Gasteiger partial charge in [-0.1, -0.05) is 29.8 Å². The molecule has 5 nitrogen and oxygen atoms in total. The molecule has 0 spiro atoms. The minimum absolute atomic E-state index is 0.225. The lowest BCUT2D eigenvalue weighted by atomic mass is 10.1. The fourth-order valence-corrected chi connectivity index (χ4v) is 1.93. The van der Waals surface area contributed by atoms with Crippen molar-refractivity contribution in [3.05, 3.63) is 53.5 Å². The van der Waals surface area contributed by atoms with Crippen LogP contribution >= 0.6 is 0 Å². The molecule has 0 saturated carbocycles. The zero-order valence-electron chi connectivity index (χ0n) is 10.0. The van der Waals surface area contributed by atoms with Crippen molar-refractivity contribution >= 4 is 11.2 Å². The van der Waals surface area contributed by atoms with Crippen LogP contribution in [0.25, 0.3) is 11.2 Å². The Balaban J connectivity index is 2.05. The van der Waals surface area contributed by atoms with E-state index in [1.54, 1.807) is 12.7 Å². The maximum atomic E-state index is 7.69. The van der Waals surface area contributed by atoms with Crippen molar-refractivity contribution in [2.75, 3.05) is 0 Å². The first-order valence-electron chi connectivity index (χ1n) is 5.73. The minimum Gasteiger partial charge on any atom is -0.340 e. The molecule has 2 aromatic heterocycles. The van der Waals surface area contributed by atoms with Gasteiger partial charge in [-0.15, -0.1) is 0 Å². The Labute approximate surface area is 104 Å². The summed E-state index contributed by atoms with van der Waals surface area (Å²) in [4.78, 5) is 11.2. The molecule has 5 heteroatoms. The van der Waals surface area contributed by atoms with Crippen LogP contribution in [-0.4, -0.2) is 19.5 Å². The van der Waals surface area contributed by atoms with Crippen LogP contribution in [0.15, 0.2) is 36.9 Å². The lowest BCUT2D eigenvalue weighted by molar-refractivity contribution is 0.783. The number of nitrogens with one attached hydrogen (secondary N) is 2. The van der Waals surface area contributed by atoms with E-state index in [2.05, 4.69) is 46.1 Å². The first-order valence-corrected chi connectivity index (χ1v) is 5.73. The van der Waals surface area contributed by atoms with Crippen LogP contribution in [0, 0.1) is 12.3 Å². The SMILES string of the molecule is Cc1ccc(Cn2cnc(=N)c3[nH]cnc32)cc1. The van der Waals surface area contributed by atoms with Crippen molar-refractivity contribution in [3.8, 4) is 0 Å². The molecule has 90 valence electrons. The number of hydrogen-bond donors (Lipinski definition) is 2. The highest BCUT2D eigenvalue weighted by Gasteiger charge is 2.04. The van der Waals surface area contributed by atoms with E-state index < -0.39 is 0 Å². The molecule has 0 saturated heterocycles. The standard InChI is InChI=1S/C13H13N5/c1-9-2-4-10(5-3-9)6-18-8-17-12(14)11-13(18)16-7-15-11/h2-5,7-8,14H,6H2,1H3,(H,15,16). The van der Waals surface area contributed by atoms with E-state index in [4.69, 9.17) is 5.41 Å². The fraction of sp³-hybridized carbons (Fsp3) is 0.154. The quantitative estimate of drug-likeness (QED) is 0.713. The first kappa shape index (κ1) is 10.7. The maximum Gasteiger partial charge on any atom is 0.173 e. The van der Waals surface area contributed by atoms with E-state index in [0.29, 0.717) is 12.1 Å². The first-order chi connectivity index (χ1) is 8.74. The molecular weight excluding hydrogens is 226 g/mol. The zero-order valence-corrected chi connectivity index (χ0v) is 10.0.